The fraction of sp³-hybridized carbons (Fsp3) is 0.400. The highest BCUT2D eigenvalue weighted by Gasteiger charge is 2.21. The Hall–Kier alpha value is -1.09. The number of rotatable bonds is 0. The number of fused-ring (bicyclic) bond motifs is 1. The van der Waals surface area contributed by atoms with E-state index in [0.29, 0.717) is 10.7 Å². The van der Waals surface area contributed by atoms with Gasteiger partial charge in [0, 0.05) is 13.1 Å². The summed E-state index contributed by atoms with van der Waals surface area (Å²) in [5.41, 5.74) is 7.27. The van der Waals surface area contributed by atoms with Gasteiger partial charge in [-0.2, -0.15) is 0 Å². The quantitative estimate of drug-likeness (QED) is 0.670. The first-order valence-electron chi connectivity index (χ1n) is 4.54. The van der Waals surface area contributed by atoms with E-state index in [9.17, 15) is 0 Å². The van der Waals surface area contributed by atoms with E-state index in [-0.39, 0.29) is 6.10 Å². The van der Waals surface area contributed by atoms with Crippen LogP contribution in [0.1, 0.15) is 6.92 Å². The summed E-state index contributed by atoms with van der Waals surface area (Å²) in [6.45, 7) is 2.90. The van der Waals surface area contributed by atoms with E-state index in [0.717, 1.165) is 18.0 Å². The van der Waals surface area contributed by atoms with Gasteiger partial charge < -0.3 is 15.4 Å². The van der Waals surface area contributed by atoms with Crippen molar-refractivity contribution >= 4 is 23.0 Å². The van der Waals surface area contributed by atoms with Crippen molar-refractivity contribution in [2.24, 2.45) is 0 Å². The molecule has 0 saturated carbocycles. The number of benzene rings is 1. The number of nitrogens with zero attached hydrogens (tertiary/aromatic N) is 1. The predicted molar refractivity (Wildman–Crippen MR) is 59.2 cm³/mol. The minimum absolute atomic E-state index is 0.188. The summed E-state index contributed by atoms with van der Waals surface area (Å²) in [5.74, 6) is 0.813. The number of nitrogens with two attached hydrogens (primary N) is 1. The lowest BCUT2D eigenvalue weighted by Crippen LogP contribution is -2.35. The summed E-state index contributed by atoms with van der Waals surface area (Å²) in [4.78, 5) is 2.12. The Morgan fingerprint density at radius 1 is 1.57 bits per heavy atom. The molecule has 0 radical (unpaired) electrons. The molecule has 1 aliphatic heterocycles. The van der Waals surface area contributed by atoms with E-state index in [1.165, 1.54) is 0 Å². The minimum Gasteiger partial charge on any atom is -0.487 e. The van der Waals surface area contributed by atoms with E-state index in [1.54, 1.807) is 6.07 Å². The number of likely N-dealkylation sites (N-methyl/N-ethyl adjacent to an activating group) is 1. The van der Waals surface area contributed by atoms with Crippen LogP contribution in [0.4, 0.5) is 11.4 Å². The van der Waals surface area contributed by atoms with Gasteiger partial charge in [-0.05, 0) is 13.0 Å². The molecular formula is C10H13ClN2O. The van der Waals surface area contributed by atoms with Crippen LogP contribution in [0.25, 0.3) is 0 Å². The Labute approximate surface area is 88.4 Å². The van der Waals surface area contributed by atoms with Gasteiger partial charge >= 0.3 is 0 Å². The zero-order valence-corrected chi connectivity index (χ0v) is 9.01. The lowest BCUT2D eigenvalue weighted by atomic mass is 10.2. The molecule has 1 unspecified atom stereocenters. The van der Waals surface area contributed by atoms with Crippen molar-refractivity contribution in [2.45, 2.75) is 13.0 Å². The highest BCUT2D eigenvalue weighted by Crippen LogP contribution is 2.37. The van der Waals surface area contributed by atoms with Gasteiger partial charge in [0.2, 0.25) is 0 Å². The van der Waals surface area contributed by atoms with Gasteiger partial charge in [0.1, 0.15) is 11.9 Å². The average Bonchev–Trinajstić information content (AvgIpc) is 2.08. The standard InChI is InChI=1S/C10H13ClN2O/c1-6-5-13(2)9-3-7(11)8(12)4-10(9)14-6/h3-4,6H,5,12H2,1-2H3. The number of hydrogen-bond acceptors (Lipinski definition) is 3. The Morgan fingerprint density at radius 2 is 2.29 bits per heavy atom. The van der Waals surface area contributed by atoms with E-state index >= 15 is 0 Å². The van der Waals surface area contributed by atoms with Gasteiger partial charge in [0.15, 0.2) is 0 Å². The Balaban J connectivity index is 2.49. The largest absolute Gasteiger partial charge is 0.487 e. The van der Waals surface area contributed by atoms with Crippen molar-refractivity contribution in [1.82, 2.24) is 0 Å². The number of halogens is 1. The molecule has 0 amide bonds. The lowest BCUT2D eigenvalue weighted by Gasteiger charge is -2.32. The van der Waals surface area contributed by atoms with Crippen LogP contribution in [0.5, 0.6) is 5.75 Å². The average molecular weight is 213 g/mol. The molecule has 0 fully saturated rings. The lowest BCUT2D eigenvalue weighted by molar-refractivity contribution is 0.215. The summed E-state index contributed by atoms with van der Waals surface area (Å²) in [7, 11) is 2.02. The highest BCUT2D eigenvalue weighted by atomic mass is 35.5. The Morgan fingerprint density at radius 3 is 3.00 bits per heavy atom. The van der Waals surface area contributed by atoms with Crippen LogP contribution in [0.2, 0.25) is 5.02 Å². The second-order valence-electron chi connectivity index (χ2n) is 3.65. The first-order chi connectivity index (χ1) is 6.58. The summed E-state index contributed by atoms with van der Waals surface area (Å²) in [6, 6.07) is 3.63. The second kappa shape index (κ2) is 3.24. The van der Waals surface area contributed by atoms with Crippen molar-refractivity contribution in [2.75, 3.05) is 24.2 Å². The maximum Gasteiger partial charge on any atom is 0.145 e. The van der Waals surface area contributed by atoms with Crippen molar-refractivity contribution < 1.29 is 4.74 Å². The number of hydrogen-bond donors (Lipinski definition) is 1. The molecule has 0 bridgehead atoms. The van der Waals surface area contributed by atoms with Crippen LogP contribution in [0.3, 0.4) is 0 Å². The third-order valence-corrected chi connectivity index (χ3v) is 2.68. The van der Waals surface area contributed by atoms with Crippen LogP contribution in [0.15, 0.2) is 12.1 Å². The monoisotopic (exact) mass is 212 g/mol. The van der Waals surface area contributed by atoms with Crippen LogP contribution in [0, 0.1) is 0 Å². The van der Waals surface area contributed by atoms with Crippen LogP contribution < -0.4 is 15.4 Å². The molecule has 4 heteroatoms. The van der Waals surface area contributed by atoms with Crippen LogP contribution in [-0.4, -0.2) is 19.7 Å². The topological polar surface area (TPSA) is 38.5 Å². The van der Waals surface area contributed by atoms with Gasteiger partial charge in [-0.1, -0.05) is 11.6 Å². The van der Waals surface area contributed by atoms with Gasteiger partial charge in [-0.15, -0.1) is 0 Å². The highest BCUT2D eigenvalue weighted by molar-refractivity contribution is 6.33. The minimum atomic E-state index is 0.188. The molecule has 0 saturated heterocycles. The molecule has 0 aliphatic carbocycles. The SMILES string of the molecule is CC1CN(C)c2cc(Cl)c(N)cc2O1. The van der Waals surface area contributed by atoms with Gasteiger partial charge in [0.05, 0.1) is 22.9 Å². The molecule has 2 N–H and O–H groups in total. The number of anilines is 2. The molecule has 14 heavy (non-hydrogen) atoms. The van der Waals surface area contributed by atoms with Crippen LogP contribution in [-0.2, 0) is 0 Å². The maximum absolute atomic E-state index is 5.94. The van der Waals surface area contributed by atoms with Crippen molar-refractivity contribution in [3.05, 3.63) is 17.2 Å². The summed E-state index contributed by atoms with van der Waals surface area (Å²) in [5, 5.41) is 0.578. The first kappa shape index (κ1) is 9.46. The van der Waals surface area contributed by atoms with Crippen LogP contribution >= 0.6 is 11.6 Å². The molecule has 3 nitrogen and oxygen atoms in total. The zero-order chi connectivity index (χ0) is 10.3. The van der Waals surface area contributed by atoms with Gasteiger partial charge in [-0.3, -0.25) is 0 Å². The van der Waals surface area contributed by atoms with Crippen molar-refractivity contribution in [3.8, 4) is 5.75 Å². The molecule has 1 heterocycles. The number of nitrogen functional groups attached to an aromatic ring is 1. The third kappa shape index (κ3) is 1.48. The van der Waals surface area contributed by atoms with Gasteiger partial charge in [-0.25, -0.2) is 0 Å². The van der Waals surface area contributed by atoms with Crippen molar-refractivity contribution in [3.63, 3.8) is 0 Å². The molecule has 76 valence electrons. The molecular weight excluding hydrogens is 200 g/mol. The molecule has 0 aromatic heterocycles. The molecule has 2 rings (SSSR count). The molecule has 1 aromatic rings. The molecule has 1 aliphatic rings. The Bertz CT molecular complexity index is 367. The molecule has 1 aromatic carbocycles. The molecule has 1 atom stereocenters. The summed E-state index contributed by atoms with van der Waals surface area (Å²) in [6.07, 6.45) is 0.188. The first-order valence-corrected chi connectivity index (χ1v) is 4.92. The fourth-order valence-electron chi connectivity index (χ4n) is 1.69. The smallest absolute Gasteiger partial charge is 0.145 e. The third-order valence-electron chi connectivity index (χ3n) is 2.35. The normalized spacial score (nSPS) is 20.2. The van der Waals surface area contributed by atoms with E-state index in [2.05, 4.69) is 4.90 Å². The fourth-order valence-corrected chi connectivity index (χ4v) is 1.85. The van der Waals surface area contributed by atoms with E-state index in [4.69, 9.17) is 22.1 Å². The van der Waals surface area contributed by atoms with Crippen molar-refractivity contribution in [1.29, 1.82) is 0 Å². The van der Waals surface area contributed by atoms with E-state index < -0.39 is 0 Å². The van der Waals surface area contributed by atoms with Gasteiger partial charge in [0.25, 0.3) is 0 Å². The van der Waals surface area contributed by atoms with E-state index in [1.807, 2.05) is 20.0 Å². The predicted octanol–water partition coefficient (Wildman–Crippen LogP) is 2.14. The number of ether oxygens (including phenoxy) is 1. The Kier molecular flexibility index (Phi) is 2.19. The summed E-state index contributed by atoms with van der Waals surface area (Å²) < 4.78 is 5.66. The maximum atomic E-state index is 5.94. The molecule has 0 spiro atoms. The zero-order valence-electron chi connectivity index (χ0n) is 8.25. The second-order valence-corrected chi connectivity index (χ2v) is 4.06. The summed E-state index contributed by atoms with van der Waals surface area (Å²) >= 11 is 5.94.